The summed E-state index contributed by atoms with van der Waals surface area (Å²) in [5.74, 6) is 1.08. The molecule has 1 atom stereocenters. The summed E-state index contributed by atoms with van der Waals surface area (Å²) in [7, 11) is -0.737. The molecule has 5 heteroatoms. The fourth-order valence-corrected chi connectivity index (χ4v) is 2.12. The van der Waals surface area contributed by atoms with Crippen molar-refractivity contribution in [2.75, 3.05) is 18.1 Å². The lowest BCUT2D eigenvalue weighted by molar-refractivity contribution is 0.615. The van der Waals surface area contributed by atoms with Crippen molar-refractivity contribution in [3.63, 3.8) is 0 Å². The fourth-order valence-electron chi connectivity index (χ4n) is 1.21. The van der Waals surface area contributed by atoms with Gasteiger partial charge in [0.15, 0.2) is 0 Å². The predicted molar refractivity (Wildman–Crippen MR) is 69.4 cm³/mol. The van der Waals surface area contributed by atoms with E-state index in [1.165, 1.54) is 6.07 Å². The van der Waals surface area contributed by atoms with Crippen LogP contribution < -0.4 is 5.32 Å². The first-order valence-corrected chi connectivity index (χ1v) is 7.41. The van der Waals surface area contributed by atoms with Crippen molar-refractivity contribution in [3.8, 4) is 0 Å². The summed E-state index contributed by atoms with van der Waals surface area (Å²) >= 11 is 3.10. The molecule has 0 aliphatic carbocycles. The molecular formula is C11H15BrFNOS. The maximum absolute atomic E-state index is 13.1. The van der Waals surface area contributed by atoms with Crippen LogP contribution in [0.3, 0.4) is 0 Å². The average molecular weight is 308 g/mol. The molecule has 1 aromatic rings. The second-order valence-electron chi connectivity index (χ2n) is 3.36. The van der Waals surface area contributed by atoms with Crippen molar-refractivity contribution >= 4 is 26.7 Å². The standard InChI is InChI=1S/C11H15BrFNOS/c1-2-16(15)6-5-14-8-9-3-4-10(12)11(13)7-9/h3-4,7,14H,2,5-6,8H2,1H3. The Bertz CT molecular complexity index is 373. The molecule has 0 aliphatic heterocycles. The summed E-state index contributed by atoms with van der Waals surface area (Å²) in [6.07, 6.45) is 0. The van der Waals surface area contributed by atoms with Crippen LogP contribution in [0.15, 0.2) is 22.7 Å². The molecule has 0 fully saturated rings. The van der Waals surface area contributed by atoms with Gasteiger partial charge in [0.1, 0.15) is 5.82 Å². The minimum atomic E-state index is -0.737. The third-order valence-corrected chi connectivity index (χ3v) is 4.09. The van der Waals surface area contributed by atoms with Crippen LogP contribution >= 0.6 is 15.9 Å². The topological polar surface area (TPSA) is 29.1 Å². The van der Waals surface area contributed by atoms with Gasteiger partial charge in [0.25, 0.3) is 0 Å². The zero-order valence-corrected chi connectivity index (χ0v) is 11.5. The molecule has 1 unspecified atom stereocenters. The van der Waals surface area contributed by atoms with E-state index in [9.17, 15) is 8.60 Å². The lowest BCUT2D eigenvalue weighted by Crippen LogP contribution is -2.20. The van der Waals surface area contributed by atoms with Crippen molar-refractivity contribution in [1.29, 1.82) is 0 Å². The molecule has 1 N–H and O–H groups in total. The molecule has 0 amide bonds. The summed E-state index contributed by atoms with van der Waals surface area (Å²) < 4.78 is 24.8. The Labute approximate surface area is 106 Å². The van der Waals surface area contributed by atoms with E-state index in [0.717, 1.165) is 5.56 Å². The van der Waals surface area contributed by atoms with Crippen molar-refractivity contribution in [3.05, 3.63) is 34.1 Å². The van der Waals surface area contributed by atoms with Crippen molar-refractivity contribution in [2.45, 2.75) is 13.5 Å². The average Bonchev–Trinajstić information content (AvgIpc) is 2.28. The third-order valence-electron chi connectivity index (χ3n) is 2.14. The van der Waals surface area contributed by atoms with Gasteiger partial charge in [-0.3, -0.25) is 4.21 Å². The highest BCUT2D eigenvalue weighted by molar-refractivity contribution is 9.10. The highest BCUT2D eigenvalue weighted by atomic mass is 79.9. The Morgan fingerprint density at radius 2 is 2.25 bits per heavy atom. The Balaban J connectivity index is 2.32. The number of nitrogens with one attached hydrogen (secondary N) is 1. The summed E-state index contributed by atoms with van der Waals surface area (Å²) in [5.41, 5.74) is 0.892. The molecule has 0 spiro atoms. The first-order chi connectivity index (χ1) is 7.63. The molecule has 0 aliphatic rings. The van der Waals surface area contributed by atoms with Gasteiger partial charge in [0.2, 0.25) is 0 Å². The SMILES string of the molecule is CCS(=O)CCNCc1ccc(Br)c(F)c1. The lowest BCUT2D eigenvalue weighted by atomic mass is 10.2. The minimum absolute atomic E-state index is 0.253. The smallest absolute Gasteiger partial charge is 0.137 e. The van der Waals surface area contributed by atoms with E-state index in [2.05, 4.69) is 21.2 Å². The molecule has 0 radical (unpaired) electrons. The van der Waals surface area contributed by atoms with E-state index in [0.29, 0.717) is 29.1 Å². The van der Waals surface area contributed by atoms with Gasteiger partial charge in [-0.1, -0.05) is 13.0 Å². The summed E-state index contributed by atoms with van der Waals surface area (Å²) in [6, 6.07) is 5.04. The zero-order chi connectivity index (χ0) is 12.0. The summed E-state index contributed by atoms with van der Waals surface area (Å²) in [4.78, 5) is 0. The van der Waals surface area contributed by atoms with Gasteiger partial charge < -0.3 is 5.32 Å². The van der Waals surface area contributed by atoms with E-state index in [4.69, 9.17) is 0 Å². The van der Waals surface area contributed by atoms with Crippen LogP contribution in [0.5, 0.6) is 0 Å². The quantitative estimate of drug-likeness (QED) is 0.818. The molecule has 16 heavy (non-hydrogen) atoms. The van der Waals surface area contributed by atoms with E-state index in [-0.39, 0.29) is 5.82 Å². The molecule has 0 saturated heterocycles. The summed E-state index contributed by atoms with van der Waals surface area (Å²) in [6.45, 7) is 3.20. The van der Waals surface area contributed by atoms with Gasteiger partial charge >= 0.3 is 0 Å². The van der Waals surface area contributed by atoms with Crippen LogP contribution in [-0.2, 0) is 17.3 Å². The van der Waals surface area contributed by atoms with Gasteiger partial charge in [-0.05, 0) is 33.6 Å². The van der Waals surface area contributed by atoms with E-state index in [1.54, 1.807) is 6.07 Å². The largest absolute Gasteiger partial charge is 0.312 e. The Kier molecular flexibility index (Phi) is 6.16. The molecule has 0 heterocycles. The molecule has 1 aromatic carbocycles. The van der Waals surface area contributed by atoms with Gasteiger partial charge in [-0.2, -0.15) is 0 Å². The maximum atomic E-state index is 13.1. The predicted octanol–water partition coefficient (Wildman–Crippen LogP) is 2.45. The van der Waals surface area contributed by atoms with E-state index in [1.807, 2.05) is 13.0 Å². The van der Waals surface area contributed by atoms with Crippen LogP contribution in [0.25, 0.3) is 0 Å². The molecule has 0 aromatic heterocycles. The zero-order valence-electron chi connectivity index (χ0n) is 9.13. The third kappa shape index (κ3) is 4.72. The van der Waals surface area contributed by atoms with Crippen LogP contribution in [0.4, 0.5) is 4.39 Å². The van der Waals surface area contributed by atoms with Crippen molar-refractivity contribution < 1.29 is 8.60 Å². The van der Waals surface area contributed by atoms with Gasteiger partial charge in [-0.15, -0.1) is 0 Å². The van der Waals surface area contributed by atoms with Crippen LogP contribution in [0.2, 0.25) is 0 Å². The Morgan fingerprint density at radius 1 is 1.50 bits per heavy atom. The van der Waals surface area contributed by atoms with Crippen molar-refractivity contribution in [1.82, 2.24) is 5.32 Å². The van der Waals surface area contributed by atoms with Crippen molar-refractivity contribution in [2.24, 2.45) is 0 Å². The highest BCUT2D eigenvalue weighted by Gasteiger charge is 2.00. The monoisotopic (exact) mass is 307 g/mol. The first kappa shape index (κ1) is 13.8. The molecule has 2 nitrogen and oxygen atoms in total. The molecule has 1 rings (SSSR count). The molecule has 0 bridgehead atoms. The number of rotatable bonds is 6. The van der Waals surface area contributed by atoms with Gasteiger partial charge in [-0.25, -0.2) is 4.39 Å². The normalized spacial score (nSPS) is 12.7. The Morgan fingerprint density at radius 3 is 2.88 bits per heavy atom. The summed E-state index contributed by atoms with van der Waals surface area (Å²) in [5, 5.41) is 3.14. The van der Waals surface area contributed by atoms with Crippen LogP contribution in [0.1, 0.15) is 12.5 Å². The maximum Gasteiger partial charge on any atom is 0.137 e. The second-order valence-corrected chi connectivity index (χ2v) is 6.08. The fraction of sp³-hybridized carbons (Fsp3) is 0.455. The number of hydrogen-bond donors (Lipinski definition) is 1. The number of hydrogen-bond acceptors (Lipinski definition) is 2. The van der Waals surface area contributed by atoms with Gasteiger partial charge in [0, 0.05) is 35.4 Å². The van der Waals surface area contributed by atoms with Crippen LogP contribution in [-0.4, -0.2) is 22.3 Å². The molecule has 0 saturated carbocycles. The molecular weight excluding hydrogens is 293 g/mol. The van der Waals surface area contributed by atoms with E-state index >= 15 is 0 Å². The Hall–Kier alpha value is -0.260. The van der Waals surface area contributed by atoms with Crippen LogP contribution in [0, 0.1) is 5.82 Å². The second kappa shape index (κ2) is 7.14. The number of benzene rings is 1. The molecule has 90 valence electrons. The lowest BCUT2D eigenvalue weighted by Gasteiger charge is -2.05. The van der Waals surface area contributed by atoms with Gasteiger partial charge in [0.05, 0.1) is 4.47 Å². The first-order valence-electron chi connectivity index (χ1n) is 5.13. The number of halogens is 2. The minimum Gasteiger partial charge on any atom is -0.312 e. The highest BCUT2D eigenvalue weighted by Crippen LogP contribution is 2.16. The van der Waals surface area contributed by atoms with E-state index < -0.39 is 10.8 Å².